The van der Waals surface area contributed by atoms with Gasteiger partial charge in [0.1, 0.15) is 12.4 Å². The number of aryl methyl sites for hydroxylation is 1. The molecule has 0 saturated heterocycles. The molecule has 2 rings (SSSR count). The summed E-state index contributed by atoms with van der Waals surface area (Å²) in [6.45, 7) is 2.97. The van der Waals surface area contributed by atoms with Gasteiger partial charge >= 0.3 is 0 Å². The van der Waals surface area contributed by atoms with E-state index in [1.54, 1.807) is 6.33 Å². The second-order valence-electron chi connectivity index (χ2n) is 2.77. The third-order valence-corrected chi connectivity index (χ3v) is 1.97. The third kappa shape index (κ3) is 1.22. The van der Waals surface area contributed by atoms with Gasteiger partial charge in [-0.1, -0.05) is 0 Å². The maximum Gasteiger partial charge on any atom is 0.206 e. The molecule has 1 N–H and O–H groups in total. The van der Waals surface area contributed by atoms with Crippen LogP contribution in [0.5, 0.6) is 0 Å². The number of imidazole rings is 1. The summed E-state index contributed by atoms with van der Waals surface area (Å²) >= 11 is 0. The van der Waals surface area contributed by atoms with Crippen molar-refractivity contribution >= 4 is 17.9 Å². The van der Waals surface area contributed by atoms with Crippen LogP contribution in [0.25, 0.3) is 0 Å². The van der Waals surface area contributed by atoms with Gasteiger partial charge in [0.2, 0.25) is 5.78 Å². The molecule has 0 spiro atoms. The minimum absolute atomic E-state index is 0.0385. The number of Topliss-reactive ketones (excluding diaryl/α,β-unsaturated/α-hetero) is 1. The number of rotatable bonds is 1. The summed E-state index contributed by atoms with van der Waals surface area (Å²) < 4.78 is 1.88. The van der Waals surface area contributed by atoms with E-state index in [-0.39, 0.29) is 12.3 Å². The lowest BCUT2D eigenvalue weighted by Gasteiger charge is -2.03. The molecule has 0 fully saturated rings. The first kappa shape index (κ1) is 7.97. The van der Waals surface area contributed by atoms with Gasteiger partial charge in [0.25, 0.3) is 0 Å². The summed E-state index contributed by atoms with van der Waals surface area (Å²) in [5.74, 6) is 0.706. The molecule has 1 aromatic rings. The van der Waals surface area contributed by atoms with Crippen LogP contribution >= 0.6 is 0 Å². The van der Waals surface area contributed by atoms with Crippen molar-refractivity contribution in [2.75, 3.05) is 11.9 Å². The molecule has 0 unspecified atom stereocenters. The summed E-state index contributed by atoms with van der Waals surface area (Å²) in [4.78, 5) is 19.3. The summed E-state index contributed by atoms with van der Waals surface area (Å²) in [7, 11) is 0. The molecule has 1 aromatic heterocycles. The normalized spacial score (nSPS) is 15.0. The second kappa shape index (κ2) is 3.01. The smallest absolute Gasteiger partial charge is 0.206 e. The molecule has 1 aliphatic rings. The SMILES string of the molecule is CCn1cnc2c1NC=NCC2=O. The molecule has 0 aliphatic carbocycles. The molecule has 5 nitrogen and oxygen atoms in total. The standard InChI is InChI=1S/C8H10N4O/c1-2-12-5-11-7-6(13)3-9-4-10-8(7)12/h4-5H,2-3H2,1H3,(H,9,10). The molecule has 0 aromatic carbocycles. The van der Waals surface area contributed by atoms with Gasteiger partial charge in [-0.25, -0.2) is 4.98 Å². The Kier molecular flexibility index (Phi) is 1.84. The lowest BCUT2D eigenvalue weighted by Crippen LogP contribution is -2.05. The number of fused-ring (bicyclic) bond motifs is 1. The monoisotopic (exact) mass is 178 g/mol. The van der Waals surface area contributed by atoms with Crippen LogP contribution in [0.4, 0.5) is 5.82 Å². The number of carbonyl (C=O) groups is 1. The maximum atomic E-state index is 11.4. The van der Waals surface area contributed by atoms with Crippen LogP contribution in [0, 0.1) is 0 Å². The summed E-state index contributed by atoms with van der Waals surface area (Å²) in [6.07, 6.45) is 3.20. The van der Waals surface area contributed by atoms with E-state index in [1.807, 2.05) is 11.5 Å². The number of nitrogens with zero attached hydrogens (tertiary/aromatic N) is 3. The molecule has 13 heavy (non-hydrogen) atoms. The van der Waals surface area contributed by atoms with Crippen molar-refractivity contribution in [1.29, 1.82) is 0 Å². The lowest BCUT2D eigenvalue weighted by molar-refractivity contribution is 0.0999. The van der Waals surface area contributed by atoms with Gasteiger partial charge in [0.15, 0.2) is 5.69 Å². The van der Waals surface area contributed by atoms with Crippen molar-refractivity contribution in [2.24, 2.45) is 4.99 Å². The van der Waals surface area contributed by atoms with E-state index < -0.39 is 0 Å². The number of hydrogen-bond donors (Lipinski definition) is 1. The fraction of sp³-hybridized carbons (Fsp3) is 0.375. The Morgan fingerprint density at radius 2 is 2.54 bits per heavy atom. The zero-order chi connectivity index (χ0) is 9.26. The number of aromatic nitrogens is 2. The zero-order valence-corrected chi connectivity index (χ0v) is 7.32. The molecule has 0 amide bonds. The van der Waals surface area contributed by atoms with Crippen molar-refractivity contribution in [2.45, 2.75) is 13.5 Å². The molecule has 0 radical (unpaired) electrons. The lowest BCUT2D eigenvalue weighted by atomic mass is 10.3. The highest BCUT2D eigenvalue weighted by Crippen LogP contribution is 2.15. The molecular weight excluding hydrogens is 168 g/mol. The number of anilines is 1. The first-order valence-electron chi connectivity index (χ1n) is 4.16. The van der Waals surface area contributed by atoms with Gasteiger partial charge in [0.05, 0.1) is 12.7 Å². The van der Waals surface area contributed by atoms with Gasteiger partial charge in [-0.3, -0.25) is 9.79 Å². The third-order valence-electron chi connectivity index (χ3n) is 1.97. The van der Waals surface area contributed by atoms with Gasteiger partial charge in [-0.2, -0.15) is 0 Å². The molecule has 5 heteroatoms. The van der Waals surface area contributed by atoms with E-state index in [2.05, 4.69) is 15.3 Å². The highest BCUT2D eigenvalue weighted by atomic mass is 16.1. The first-order valence-corrected chi connectivity index (χ1v) is 4.16. The zero-order valence-electron chi connectivity index (χ0n) is 7.32. The first-order chi connectivity index (χ1) is 6.33. The number of aliphatic imine (C=N–C) groups is 1. The topological polar surface area (TPSA) is 59.3 Å². The van der Waals surface area contributed by atoms with E-state index in [0.717, 1.165) is 12.4 Å². The van der Waals surface area contributed by atoms with Crippen LogP contribution in [-0.4, -0.2) is 28.2 Å². The van der Waals surface area contributed by atoms with Gasteiger partial charge in [-0.05, 0) is 6.92 Å². The van der Waals surface area contributed by atoms with E-state index in [0.29, 0.717) is 5.69 Å². The van der Waals surface area contributed by atoms with Gasteiger partial charge in [-0.15, -0.1) is 0 Å². The summed E-state index contributed by atoms with van der Waals surface area (Å²) in [6, 6.07) is 0. The van der Waals surface area contributed by atoms with E-state index in [1.165, 1.54) is 6.34 Å². The maximum absolute atomic E-state index is 11.4. The fourth-order valence-electron chi connectivity index (χ4n) is 1.29. The van der Waals surface area contributed by atoms with Crippen molar-refractivity contribution in [3.8, 4) is 0 Å². The Morgan fingerprint density at radius 3 is 3.31 bits per heavy atom. The highest BCUT2D eigenvalue weighted by Gasteiger charge is 2.18. The van der Waals surface area contributed by atoms with Crippen LogP contribution in [0.3, 0.4) is 0 Å². The largest absolute Gasteiger partial charge is 0.331 e. The molecule has 68 valence electrons. The number of carbonyl (C=O) groups excluding carboxylic acids is 1. The molecule has 0 bridgehead atoms. The number of nitrogens with one attached hydrogen (secondary N) is 1. The average Bonchev–Trinajstić information content (AvgIpc) is 2.47. The molecule has 0 saturated carbocycles. The van der Waals surface area contributed by atoms with E-state index >= 15 is 0 Å². The predicted octanol–water partition coefficient (Wildman–Crippen LogP) is 0.539. The average molecular weight is 178 g/mol. The minimum Gasteiger partial charge on any atom is -0.331 e. The van der Waals surface area contributed by atoms with E-state index in [9.17, 15) is 4.79 Å². The Bertz CT molecular complexity index is 366. The molecular formula is C8H10N4O. The Balaban J connectivity index is 2.50. The minimum atomic E-state index is -0.0385. The Morgan fingerprint density at radius 1 is 1.69 bits per heavy atom. The number of hydrogen-bond acceptors (Lipinski definition) is 4. The Labute approximate surface area is 75.5 Å². The summed E-state index contributed by atoms with van der Waals surface area (Å²) in [5, 5.41) is 2.94. The quantitative estimate of drug-likeness (QED) is 0.682. The van der Waals surface area contributed by atoms with Crippen molar-refractivity contribution in [3.05, 3.63) is 12.0 Å². The Hall–Kier alpha value is -1.65. The molecule has 0 atom stereocenters. The van der Waals surface area contributed by atoms with Crippen LogP contribution < -0.4 is 5.32 Å². The van der Waals surface area contributed by atoms with Gasteiger partial charge in [0, 0.05) is 6.54 Å². The number of ketones is 1. The van der Waals surface area contributed by atoms with Crippen LogP contribution in [-0.2, 0) is 6.54 Å². The van der Waals surface area contributed by atoms with Crippen LogP contribution in [0.15, 0.2) is 11.3 Å². The van der Waals surface area contributed by atoms with Crippen molar-refractivity contribution in [3.63, 3.8) is 0 Å². The second-order valence-corrected chi connectivity index (χ2v) is 2.77. The van der Waals surface area contributed by atoms with Gasteiger partial charge < -0.3 is 9.88 Å². The van der Waals surface area contributed by atoms with Crippen molar-refractivity contribution in [1.82, 2.24) is 9.55 Å². The predicted molar refractivity (Wildman–Crippen MR) is 49.2 cm³/mol. The van der Waals surface area contributed by atoms with Crippen LogP contribution in [0.1, 0.15) is 17.4 Å². The van der Waals surface area contributed by atoms with E-state index in [4.69, 9.17) is 0 Å². The summed E-state index contributed by atoms with van der Waals surface area (Å²) in [5.41, 5.74) is 0.486. The van der Waals surface area contributed by atoms with Crippen LogP contribution in [0.2, 0.25) is 0 Å². The van der Waals surface area contributed by atoms with Crippen molar-refractivity contribution < 1.29 is 4.79 Å². The molecule has 1 aliphatic heterocycles. The molecule has 2 heterocycles. The fourth-order valence-corrected chi connectivity index (χ4v) is 1.29. The highest BCUT2D eigenvalue weighted by molar-refractivity contribution is 6.03.